The largest absolute Gasteiger partial charge is 0.507 e. The van der Waals surface area contributed by atoms with Gasteiger partial charge in [-0.15, -0.1) is 0 Å². The van der Waals surface area contributed by atoms with Gasteiger partial charge in [0.2, 0.25) is 0 Å². The molecule has 5 nitrogen and oxygen atoms in total. The van der Waals surface area contributed by atoms with Crippen molar-refractivity contribution in [3.8, 4) is 5.75 Å². The second-order valence-corrected chi connectivity index (χ2v) is 3.67. The molecule has 0 heterocycles. The maximum atomic E-state index is 11.0. The van der Waals surface area contributed by atoms with Crippen LogP contribution in [0.1, 0.15) is 10.4 Å². The number of hydrogen-bond acceptors (Lipinski definition) is 4. The van der Waals surface area contributed by atoms with Gasteiger partial charge >= 0.3 is 5.97 Å². The van der Waals surface area contributed by atoms with Crippen molar-refractivity contribution in [2.45, 2.75) is 4.90 Å². The molecule has 0 unspecified atom stereocenters. The lowest BCUT2D eigenvalue weighted by molar-refractivity contribution is 0.0693. The van der Waals surface area contributed by atoms with Gasteiger partial charge in [-0.3, -0.25) is 4.79 Å². The van der Waals surface area contributed by atoms with Gasteiger partial charge in [0.05, 0.1) is 0 Å². The Morgan fingerprint density at radius 3 is 2.60 bits per heavy atom. The fourth-order valence-corrected chi connectivity index (χ4v) is 1.54. The van der Waals surface area contributed by atoms with Crippen LogP contribution in [-0.2, 0) is 0 Å². The molecule has 3 N–H and O–H groups in total. The number of thioether (sulfide) groups is 1. The molecule has 0 saturated heterocycles. The molecule has 15 heavy (non-hydrogen) atoms. The summed E-state index contributed by atoms with van der Waals surface area (Å²) in [4.78, 5) is 22.1. The summed E-state index contributed by atoms with van der Waals surface area (Å²) in [7, 11) is 1.48. The van der Waals surface area contributed by atoms with Crippen molar-refractivity contribution in [2.75, 3.05) is 7.05 Å². The van der Waals surface area contributed by atoms with Gasteiger partial charge in [0.1, 0.15) is 11.3 Å². The average Bonchev–Trinajstić information content (AvgIpc) is 2.20. The zero-order chi connectivity index (χ0) is 11.4. The first-order valence-electron chi connectivity index (χ1n) is 4.00. The number of aromatic hydroxyl groups is 1. The van der Waals surface area contributed by atoms with Crippen LogP contribution in [0.3, 0.4) is 0 Å². The van der Waals surface area contributed by atoms with Crippen LogP contribution in [0.25, 0.3) is 0 Å². The molecule has 0 bridgehead atoms. The molecule has 0 saturated carbocycles. The van der Waals surface area contributed by atoms with E-state index in [1.54, 1.807) is 0 Å². The lowest BCUT2D eigenvalue weighted by Gasteiger charge is -2.03. The SMILES string of the molecule is CNC(=O)Sc1ccc(O)c(C(=O)O)c1. The van der Waals surface area contributed by atoms with E-state index in [1.807, 2.05) is 0 Å². The summed E-state index contributed by atoms with van der Waals surface area (Å²) >= 11 is 0.859. The van der Waals surface area contributed by atoms with E-state index in [9.17, 15) is 14.7 Å². The molecular formula is C9H9NO4S. The Hall–Kier alpha value is -1.69. The van der Waals surface area contributed by atoms with Gasteiger partial charge in [-0.1, -0.05) is 0 Å². The molecule has 6 heteroatoms. The molecule has 0 aliphatic rings. The topological polar surface area (TPSA) is 86.6 Å². The number of rotatable bonds is 2. The smallest absolute Gasteiger partial charge is 0.339 e. The van der Waals surface area contributed by atoms with Crippen LogP contribution in [0.2, 0.25) is 0 Å². The Kier molecular flexibility index (Phi) is 3.56. The summed E-state index contributed by atoms with van der Waals surface area (Å²) in [5.41, 5.74) is -0.219. The molecule has 0 radical (unpaired) electrons. The lowest BCUT2D eigenvalue weighted by atomic mass is 10.2. The van der Waals surface area contributed by atoms with Crippen LogP contribution in [0.5, 0.6) is 5.75 Å². The number of nitrogens with one attached hydrogen (secondary N) is 1. The normalized spacial score (nSPS) is 9.67. The number of carbonyl (C=O) groups excluding carboxylic acids is 1. The monoisotopic (exact) mass is 227 g/mol. The van der Waals surface area contributed by atoms with Crippen molar-refractivity contribution in [1.82, 2.24) is 5.32 Å². The third-order valence-electron chi connectivity index (χ3n) is 1.61. The van der Waals surface area contributed by atoms with Gasteiger partial charge in [0.25, 0.3) is 5.24 Å². The van der Waals surface area contributed by atoms with Crippen LogP contribution >= 0.6 is 11.8 Å². The molecule has 0 aliphatic carbocycles. The predicted molar refractivity (Wildman–Crippen MR) is 55.4 cm³/mol. The third-order valence-corrected chi connectivity index (χ3v) is 2.49. The van der Waals surface area contributed by atoms with Gasteiger partial charge in [0.15, 0.2) is 0 Å². The van der Waals surface area contributed by atoms with Crippen LogP contribution in [-0.4, -0.2) is 28.5 Å². The average molecular weight is 227 g/mol. The van der Waals surface area contributed by atoms with Gasteiger partial charge in [-0.25, -0.2) is 4.79 Å². The molecule has 1 amide bonds. The molecule has 0 aromatic heterocycles. The van der Waals surface area contributed by atoms with Crippen molar-refractivity contribution in [3.63, 3.8) is 0 Å². The van der Waals surface area contributed by atoms with E-state index < -0.39 is 5.97 Å². The highest BCUT2D eigenvalue weighted by Crippen LogP contribution is 2.25. The summed E-state index contributed by atoms with van der Waals surface area (Å²) < 4.78 is 0. The minimum absolute atomic E-state index is 0.219. The Labute approximate surface area is 90.1 Å². The number of carboxylic acid groups (broad SMARTS) is 1. The molecule has 0 spiro atoms. The van der Waals surface area contributed by atoms with Crippen LogP contribution < -0.4 is 5.32 Å². The van der Waals surface area contributed by atoms with Crippen molar-refractivity contribution in [2.24, 2.45) is 0 Å². The summed E-state index contributed by atoms with van der Waals surface area (Å²) in [6, 6.07) is 3.97. The number of phenols is 1. The zero-order valence-corrected chi connectivity index (χ0v) is 8.67. The number of benzene rings is 1. The summed E-state index contributed by atoms with van der Waals surface area (Å²) in [5.74, 6) is -1.55. The first kappa shape index (κ1) is 11.4. The Morgan fingerprint density at radius 1 is 1.40 bits per heavy atom. The van der Waals surface area contributed by atoms with Crippen molar-refractivity contribution < 1.29 is 19.8 Å². The highest BCUT2D eigenvalue weighted by Gasteiger charge is 2.11. The minimum atomic E-state index is -1.23. The molecule has 1 aromatic carbocycles. The van der Waals surface area contributed by atoms with E-state index >= 15 is 0 Å². The van der Waals surface area contributed by atoms with Gasteiger partial charge in [0, 0.05) is 11.9 Å². The number of aromatic carboxylic acids is 1. The van der Waals surface area contributed by atoms with Crippen molar-refractivity contribution in [3.05, 3.63) is 23.8 Å². The van der Waals surface area contributed by atoms with Gasteiger partial charge in [-0.2, -0.15) is 0 Å². The quantitative estimate of drug-likeness (QED) is 0.667. The molecular weight excluding hydrogens is 218 g/mol. The molecule has 0 fully saturated rings. The Balaban J connectivity index is 2.97. The molecule has 0 atom stereocenters. The van der Waals surface area contributed by atoms with Gasteiger partial charge in [-0.05, 0) is 30.0 Å². The number of carboxylic acids is 1. The van der Waals surface area contributed by atoms with E-state index in [1.165, 1.54) is 25.2 Å². The van der Waals surface area contributed by atoms with Gasteiger partial charge < -0.3 is 15.5 Å². The fourth-order valence-electron chi connectivity index (χ4n) is 0.908. The van der Waals surface area contributed by atoms with Crippen LogP contribution in [0.4, 0.5) is 4.79 Å². The highest BCUT2D eigenvalue weighted by atomic mass is 32.2. The van der Waals surface area contributed by atoms with Crippen LogP contribution in [0, 0.1) is 0 Å². The first-order valence-corrected chi connectivity index (χ1v) is 4.82. The predicted octanol–water partition coefficient (Wildman–Crippen LogP) is 1.52. The van der Waals surface area contributed by atoms with E-state index in [4.69, 9.17) is 5.11 Å². The first-order chi connectivity index (χ1) is 7.04. The van der Waals surface area contributed by atoms with Crippen molar-refractivity contribution >= 4 is 23.0 Å². The van der Waals surface area contributed by atoms with Crippen molar-refractivity contribution in [1.29, 1.82) is 0 Å². The zero-order valence-electron chi connectivity index (χ0n) is 7.85. The molecule has 1 aromatic rings. The third kappa shape index (κ3) is 2.88. The Morgan fingerprint density at radius 2 is 2.07 bits per heavy atom. The summed E-state index contributed by atoms with van der Waals surface area (Å²) in [6.45, 7) is 0. The maximum absolute atomic E-state index is 11.0. The maximum Gasteiger partial charge on any atom is 0.339 e. The molecule has 80 valence electrons. The summed E-state index contributed by atoms with van der Waals surface area (Å²) in [6.07, 6.45) is 0. The molecule has 1 rings (SSSR count). The minimum Gasteiger partial charge on any atom is -0.507 e. The second kappa shape index (κ2) is 4.70. The number of hydrogen-bond donors (Lipinski definition) is 3. The standard InChI is InChI=1S/C9H9NO4S/c1-10-9(14)15-5-2-3-7(11)6(4-5)8(12)13/h2-4,11H,1H3,(H,10,14)(H,12,13). The van der Waals surface area contributed by atoms with E-state index in [0.29, 0.717) is 4.90 Å². The summed E-state index contributed by atoms with van der Waals surface area (Å²) in [5, 5.41) is 20.0. The lowest BCUT2D eigenvalue weighted by Crippen LogP contribution is -2.10. The van der Waals surface area contributed by atoms with Crippen LogP contribution in [0.15, 0.2) is 23.1 Å². The van der Waals surface area contributed by atoms with E-state index in [2.05, 4.69) is 5.32 Å². The molecule has 0 aliphatic heterocycles. The second-order valence-electron chi connectivity index (χ2n) is 2.62. The van der Waals surface area contributed by atoms with E-state index in [-0.39, 0.29) is 16.6 Å². The van der Waals surface area contributed by atoms with E-state index in [0.717, 1.165) is 11.8 Å². The number of carbonyl (C=O) groups is 2. The Bertz CT molecular complexity index is 405. The fraction of sp³-hybridized carbons (Fsp3) is 0.111. The number of amides is 1. The highest BCUT2D eigenvalue weighted by molar-refractivity contribution is 8.13.